The summed E-state index contributed by atoms with van der Waals surface area (Å²) in [5, 5.41) is 0. The average molecular weight is 291 g/mol. The summed E-state index contributed by atoms with van der Waals surface area (Å²) in [4.78, 5) is 0. The lowest BCUT2D eigenvalue weighted by molar-refractivity contribution is -0.0466. The highest BCUT2D eigenvalue weighted by molar-refractivity contribution is 5.21. The van der Waals surface area contributed by atoms with Gasteiger partial charge in [0.15, 0.2) is 0 Å². The standard InChI is InChI=1S/C18H23F2N/c19-15-2-1-3-16(20)14(15)9-17(21)18-12-5-10-4-11(7-12)8-13(18)6-10/h1-3,10-13,17-18H,4-9,21H2. The van der Waals surface area contributed by atoms with Crippen molar-refractivity contribution in [1.82, 2.24) is 0 Å². The van der Waals surface area contributed by atoms with Crippen molar-refractivity contribution >= 4 is 0 Å². The molecular formula is C18H23F2N. The maximum absolute atomic E-state index is 13.8. The van der Waals surface area contributed by atoms with Crippen LogP contribution in [0.1, 0.15) is 37.7 Å². The van der Waals surface area contributed by atoms with Gasteiger partial charge in [-0.05, 0) is 80.2 Å². The minimum atomic E-state index is -0.450. The largest absolute Gasteiger partial charge is 0.327 e. The minimum Gasteiger partial charge on any atom is -0.327 e. The maximum atomic E-state index is 13.8. The number of nitrogens with two attached hydrogens (primary N) is 1. The van der Waals surface area contributed by atoms with Gasteiger partial charge in [0.25, 0.3) is 0 Å². The van der Waals surface area contributed by atoms with Crippen molar-refractivity contribution in [3.63, 3.8) is 0 Å². The van der Waals surface area contributed by atoms with Crippen molar-refractivity contribution in [3.05, 3.63) is 35.4 Å². The van der Waals surface area contributed by atoms with E-state index in [4.69, 9.17) is 5.73 Å². The molecule has 3 heteroatoms. The SMILES string of the molecule is NC(Cc1c(F)cccc1F)C1C2CC3CC(C2)CC1C3. The van der Waals surface area contributed by atoms with E-state index in [1.807, 2.05) is 0 Å². The zero-order chi connectivity index (χ0) is 14.6. The zero-order valence-electron chi connectivity index (χ0n) is 12.3. The molecule has 4 fully saturated rings. The Hall–Kier alpha value is -0.960. The molecule has 0 amide bonds. The normalized spacial score (nSPS) is 38.7. The van der Waals surface area contributed by atoms with Crippen molar-refractivity contribution in [2.24, 2.45) is 35.3 Å². The summed E-state index contributed by atoms with van der Waals surface area (Å²) in [6.45, 7) is 0. The fourth-order valence-corrected chi connectivity index (χ4v) is 5.77. The summed E-state index contributed by atoms with van der Waals surface area (Å²) in [7, 11) is 0. The monoisotopic (exact) mass is 291 g/mol. The molecule has 0 aromatic heterocycles. The number of rotatable bonds is 3. The minimum absolute atomic E-state index is 0.105. The van der Waals surface area contributed by atoms with Crippen LogP contribution < -0.4 is 5.73 Å². The number of benzene rings is 1. The topological polar surface area (TPSA) is 26.0 Å². The van der Waals surface area contributed by atoms with Crippen molar-refractivity contribution in [3.8, 4) is 0 Å². The molecule has 0 radical (unpaired) electrons. The summed E-state index contributed by atoms with van der Waals surface area (Å²) < 4.78 is 27.7. The Morgan fingerprint density at radius 3 is 2.00 bits per heavy atom. The van der Waals surface area contributed by atoms with Crippen molar-refractivity contribution in [1.29, 1.82) is 0 Å². The molecule has 1 aromatic rings. The lowest BCUT2D eigenvalue weighted by Crippen LogP contribution is -2.52. The molecule has 2 N–H and O–H groups in total. The van der Waals surface area contributed by atoms with Crippen LogP contribution in [0.3, 0.4) is 0 Å². The fraction of sp³-hybridized carbons (Fsp3) is 0.667. The predicted octanol–water partition coefficient (Wildman–Crippen LogP) is 3.91. The Morgan fingerprint density at radius 2 is 1.48 bits per heavy atom. The molecule has 0 heterocycles. The molecule has 4 bridgehead atoms. The Kier molecular flexibility index (Phi) is 3.29. The molecule has 1 nitrogen and oxygen atoms in total. The summed E-state index contributed by atoms with van der Waals surface area (Å²) in [5.74, 6) is 2.78. The van der Waals surface area contributed by atoms with Gasteiger partial charge < -0.3 is 5.73 Å². The Bertz CT molecular complexity index is 494. The molecule has 4 aliphatic carbocycles. The molecule has 5 rings (SSSR count). The lowest BCUT2D eigenvalue weighted by atomic mass is 9.50. The van der Waals surface area contributed by atoms with Crippen LogP contribution in [0.25, 0.3) is 0 Å². The zero-order valence-corrected chi connectivity index (χ0v) is 12.3. The van der Waals surface area contributed by atoms with Crippen molar-refractivity contribution < 1.29 is 8.78 Å². The Morgan fingerprint density at radius 1 is 0.952 bits per heavy atom. The predicted molar refractivity (Wildman–Crippen MR) is 78.6 cm³/mol. The molecule has 21 heavy (non-hydrogen) atoms. The van der Waals surface area contributed by atoms with Crippen LogP contribution in [0.4, 0.5) is 8.78 Å². The van der Waals surface area contributed by atoms with E-state index >= 15 is 0 Å². The second-order valence-electron chi connectivity index (χ2n) is 7.58. The van der Waals surface area contributed by atoms with Crippen LogP contribution in [0.2, 0.25) is 0 Å². The average Bonchev–Trinajstić information content (AvgIpc) is 2.42. The highest BCUT2D eigenvalue weighted by Crippen LogP contribution is 2.57. The van der Waals surface area contributed by atoms with E-state index in [-0.39, 0.29) is 11.6 Å². The van der Waals surface area contributed by atoms with Crippen LogP contribution in [-0.4, -0.2) is 6.04 Å². The first-order valence-corrected chi connectivity index (χ1v) is 8.30. The fourth-order valence-electron chi connectivity index (χ4n) is 5.77. The third-order valence-corrected chi connectivity index (χ3v) is 6.30. The highest BCUT2D eigenvalue weighted by Gasteiger charge is 2.49. The Labute approximate surface area is 124 Å². The number of hydrogen-bond donors (Lipinski definition) is 1. The molecule has 1 aromatic carbocycles. The molecular weight excluding hydrogens is 268 g/mol. The van der Waals surface area contributed by atoms with Gasteiger partial charge in [-0.2, -0.15) is 0 Å². The van der Waals surface area contributed by atoms with Crippen LogP contribution in [-0.2, 0) is 6.42 Å². The smallest absolute Gasteiger partial charge is 0.129 e. The van der Waals surface area contributed by atoms with Gasteiger partial charge in [0.2, 0.25) is 0 Å². The molecule has 0 aliphatic heterocycles. The van der Waals surface area contributed by atoms with Gasteiger partial charge >= 0.3 is 0 Å². The molecule has 114 valence electrons. The third-order valence-electron chi connectivity index (χ3n) is 6.30. The van der Waals surface area contributed by atoms with E-state index in [1.165, 1.54) is 50.3 Å². The van der Waals surface area contributed by atoms with Crippen LogP contribution in [0.15, 0.2) is 18.2 Å². The van der Waals surface area contributed by atoms with Gasteiger partial charge in [-0.1, -0.05) is 6.07 Å². The quantitative estimate of drug-likeness (QED) is 0.898. The maximum Gasteiger partial charge on any atom is 0.129 e. The molecule has 1 atom stereocenters. The van der Waals surface area contributed by atoms with Gasteiger partial charge in [0.1, 0.15) is 11.6 Å². The van der Waals surface area contributed by atoms with Crippen molar-refractivity contribution in [2.75, 3.05) is 0 Å². The van der Waals surface area contributed by atoms with Gasteiger partial charge in [-0.25, -0.2) is 8.78 Å². The van der Waals surface area contributed by atoms with E-state index in [2.05, 4.69) is 0 Å². The van der Waals surface area contributed by atoms with E-state index in [9.17, 15) is 8.78 Å². The summed E-state index contributed by atoms with van der Waals surface area (Å²) in [6.07, 6.45) is 6.94. The summed E-state index contributed by atoms with van der Waals surface area (Å²) in [5.41, 5.74) is 6.61. The molecule has 4 aliphatic rings. The molecule has 1 unspecified atom stereocenters. The summed E-state index contributed by atoms with van der Waals surface area (Å²) in [6, 6.07) is 3.98. The second kappa shape index (κ2) is 5.05. The number of halogens is 2. The number of hydrogen-bond acceptors (Lipinski definition) is 1. The van der Waals surface area contributed by atoms with E-state index in [1.54, 1.807) is 0 Å². The summed E-state index contributed by atoms with van der Waals surface area (Å²) >= 11 is 0. The highest BCUT2D eigenvalue weighted by atomic mass is 19.1. The Balaban J connectivity index is 1.54. The van der Waals surface area contributed by atoms with Crippen LogP contribution in [0, 0.1) is 41.2 Å². The van der Waals surface area contributed by atoms with E-state index < -0.39 is 11.6 Å². The molecule has 4 saturated carbocycles. The van der Waals surface area contributed by atoms with Gasteiger partial charge in [-0.15, -0.1) is 0 Å². The first kappa shape index (κ1) is 13.7. The second-order valence-corrected chi connectivity index (χ2v) is 7.58. The van der Waals surface area contributed by atoms with Crippen LogP contribution >= 0.6 is 0 Å². The lowest BCUT2D eigenvalue weighted by Gasteiger charge is -2.56. The van der Waals surface area contributed by atoms with Crippen LogP contribution in [0.5, 0.6) is 0 Å². The molecule has 0 saturated heterocycles. The third kappa shape index (κ3) is 2.30. The molecule has 0 spiro atoms. The van der Waals surface area contributed by atoms with E-state index in [0.717, 1.165) is 11.8 Å². The first-order valence-electron chi connectivity index (χ1n) is 8.30. The van der Waals surface area contributed by atoms with Gasteiger partial charge in [-0.3, -0.25) is 0 Å². The first-order chi connectivity index (χ1) is 10.1. The van der Waals surface area contributed by atoms with Crippen molar-refractivity contribution in [2.45, 2.75) is 44.6 Å². The van der Waals surface area contributed by atoms with Gasteiger partial charge in [0, 0.05) is 11.6 Å². The van der Waals surface area contributed by atoms with Gasteiger partial charge in [0.05, 0.1) is 0 Å². The van der Waals surface area contributed by atoms with E-state index in [0.29, 0.717) is 24.2 Å².